The number of nitrogens with two attached hydrogens (primary N) is 1. The van der Waals surface area contributed by atoms with Crippen LogP contribution in [0.15, 0.2) is 72.9 Å². The zero-order chi connectivity index (χ0) is 37.0. The molecule has 0 aromatic heterocycles. The van der Waals surface area contributed by atoms with Crippen molar-refractivity contribution in [2.24, 2.45) is 5.73 Å². The number of allylic oxidation sites excluding steroid dienone is 10. The molecule has 4 N–H and O–H groups in total. The molecule has 0 aliphatic heterocycles. The summed E-state index contributed by atoms with van der Waals surface area (Å²) in [7, 11) is -4.40. The van der Waals surface area contributed by atoms with E-state index in [2.05, 4.69) is 31.2 Å². The monoisotopic (exact) mass is 723 g/mol. The molecule has 3 atom stereocenters. The average Bonchev–Trinajstić information content (AvgIpc) is 3.10. The zero-order valence-electron chi connectivity index (χ0n) is 30.7. The molecule has 0 rings (SSSR count). The van der Waals surface area contributed by atoms with Crippen LogP contribution in [0, 0.1) is 0 Å². The number of phosphoric acid groups is 1. The van der Waals surface area contributed by atoms with Crippen LogP contribution in [0.3, 0.4) is 0 Å². The van der Waals surface area contributed by atoms with Crippen LogP contribution in [-0.2, 0) is 32.7 Å². The lowest BCUT2D eigenvalue weighted by atomic mass is 10.1. The van der Waals surface area contributed by atoms with Crippen molar-refractivity contribution in [2.75, 3.05) is 26.4 Å². The van der Waals surface area contributed by atoms with E-state index >= 15 is 0 Å². The van der Waals surface area contributed by atoms with E-state index in [1.54, 1.807) is 0 Å². The van der Waals surface area contributed by atoms with E-state index in [9.17, 15) is 24.2 Å². The standard InChI is InChI=1S/C39H66NO9P/c1-3-5-7-8-9-10-13-17-20-23-26-30-38(42)46-34-37(35-48-50(44,45)47-33-32-40)49-39(43)31-27-24-21-18-15-12-11-14-16-19-22-25-29-36(41)28-6-4-2/h6,8-9,11-12,16,18-19,21-22,25,28,36-37,41H,3-5,7,10,13-15,17,20,23-24,26-27,29-35,40H2,1-2H3,(H,44,45)/b9-8-,12-11-,19-16-,21-18-,25-22+,28-6-/t36?,37-/m1/s1. The summed E-state index contributed by atoms with van der Waals surface area (Å²) in [5.74, 6) is -0.943. The van der Waals surface area contributed by atoms with E-state index in [-0.39, 0.29) is 32.6 Å². The zero-order valence-corrected chi connectivity index (χ0v) is 31.6. The maximum atomic E-state index is 12.5. The van der Waals surface area contributed by atoms with Crippen LogP contribution in [0.25, 0.3) is 0 Å². The number of rotatable bonds is 33. The molecule has 0 aromatic carbocycles. The molecular weight excluding hydrogens is 657 g/mol. The molecule has 50 heavy (non-hydrogen) atoms. The molecule has 0 aromatic rings. The highest BCUT2D eigenvalue weighted by molar-refractivity contribution is 7.47. The van der Waals surface area contributed by atoms with Crippen LogP contribution < -0.4 is 5.73 Å². The van der Waals surface area contributed by atoms with Gasteiger partial charge in [0.15, 0.2) is 6.10 Å². The Morgan fingerprint density at radius 1 is 0.720 bits per heavy atom. The first-order valence-corrected chi connectivity index (χ1v) is 20.0. The summed E-state index contributed by atoms with van der Waals surface area (Å²) in [5.41, 5.74) is 5.32. The third-order valence-electron chi connectivity index (χ3n) is 7.15. The molecule has 0 saturated heterocycles. The summed E-state index contributed by atoms with van der Waals surface area (Å²) in [4.78, 5) is 34.6. The lowest BCUT2D eigenvalue weighted by Crippen LogP contribution is -2.29. The van der Waals surface area contributed by atoms with Crippen LogP contribution in [0.1, 0.15) is 123 Å². The van der Waals surface area contributed by atoms with Gasteiger partial charge in [0.1, 0.15) is 6.61 Å². The Balaban J connectivity index is 4.41. The van der Waals surface area contributed by atoms with Crippen LogP contribution >= 0.6 is 7.82 Å². The molecule has 2 unspecified atom stereocenters. The maximum Gasteiger partial charge on any atom is 0.472 e. The molecule has 286 valence electrons. The fraction of sp³-hybridized carbons (Fsp3) is 0.641. The first-order valence-electron chi connectivity index (χ1n) is 18.5. The Morgan fingerprint density at radius 2 is 1.34 bits per heavy atom. The van der Waals surface area contributed by atoms with E-state index < -0.39 is 38.6 Å². The van der Waals surface area contributed by atoms with Crippen molar-refractivity contribution in [3.05, 3.63) is 72.9 Å². The Morgan fingerprint density at radius 3 is 2.08 bits per heavy atom. The molecule has 0 aliphatic carbocycles. The molecule has 0 amide bonds. The topological polar surface area (TPSA) is 155 Å². The number of carbonyl (C=O) groups is 2. The van der Waals surface area contributed by atoms with E-state index in [0.29, 0.717) is 25.7 Å². The molecule has 0 fully saturated rings. The molecule has 10 nitrogen and oxygen atoms in total. The van der Waals surface area contributed by atoms with Crippen molar-refractivity contribution >= 4 is 19.8 Å². The molecule has 0 saturated carbocycles. The van der Waals surface area contributed by atoms with Gasteiger partial charge in [-0.1, -0.05) is 119 Å². The highest BCUT2D eigenvalue weighted by atomic mass is 31.2. The molecule has 0 radical (unpaired) electrons. The van der Waals surface area contributed by atoms with Crippen molar-refractivity contribution in [2.45, 2.75) is 135 Å². The molecule has 0 aliphatic rings. The van der Waals surface area contributed by atoms with Gasteiger partial charge < -0.3 is 25.2 Å². The second kappa shape index (κ2) is 34.8. The van der Waals surface area contributed by atoms with E-state index in [0.717, 1.165) is 57.8 Å². The van der Waals surface area contributed by atoms with E-state index in [1.807, 2.05) is 55.5 Å². The van der Waals surface area contributed by atoms with Crippen LogP contribution in [0.2, 0.25) is 0 Å². The summed E-state index contributed by atoms with van der Waals surface area (Å²) >= 11 is 0. The number of aliphatic hydroxyl groups is 1. The second-order valence-electron chi connectivity index (χ2n) is 11.9. The summed E-state index contributed by atoms with van der Waals surface area (Å²) in [6, 6.07) is 0. The third-order valence-corrected chi connectivity index (χ3v) is 8.14. The smallest absolute Gasteiger partial charge is 0.462 e. The number of esters is 2. The molecular formula is C39H66NO9P. The quantitative estimate of drug-likeness (QED) is 0.0197. The third kappa shape index (κ3) is 33.9. The number of carbonyl (C=O) groups excluding carboxylic acids is 2. The van der Waals surface area contributed by atoms with Crippen molar-refractivity contribution in [3.63, 3.8) is 0 Å². The Bertz CT molecular complexity index is 1070. The minimum atomic E-state index is -4.40. The minimum absolute atomic E-state index is 0.0325. The van der Waals surface area contributed by atoms with Crippen molar-refractivity contribution in [3.8, 4) is 0 Å². The van der Waals surface area contributed by atoms with Gasteiger partial charge in [-0.05, 0) is 64.2 Å². The summed E-state index contributed by atoms with van der Waals surface area (Å²) in [6.45, 7) is 3.32. The van der Waals surface area contributed by atoms with Gasteiger partial charge in [-0.25, -0.2) is 4.57 Å². The van der Waals surface area contributed by atoms with Gasteiger partial charge in [-0.15, -0.1) is 0 Å². The average molecular weight is 724 g/mol. The Kier molecular flexibility index (Phi) is 33.0. The van der Waals surface area contributed by atoms with Gasteiger partial charge >= 0.3 is 19.8 Å². The van der Waals surface area contributed by atoms with Crippen molar-refractivity contribution in [1.82, 2.24) is 0 Å². The largest absolute Gasteiger partial charge is 0.472 e. The predicted octanol–water partition coefficient (Wildman–Crippen LogP) is 8.90. The molecule has 0 heterocycles. The van der Waals surface area contributed by atoms with Gasteiger partial charge in [0.25, 0.3) is 0 Å². The lowest BCUT2D eigenvalue weighted by Gasteiger charge is -2.19. The SMILES string of the molecule is CC/C=C\C(O)C/C=C/C=C\C/C=C\C/C=C\CCCC(=O)O[C@H](COC(=O)CCCCCCC/C=C\CCCC)COP(=O)(O)OCCN. The number of phosphoric ester groups is 1. The van der Waals surface area contributed by atoms with Crippen molar-refractivity contribution < 1.29 is 42.7 Å². The Hall–Kier alpha value is -2.59. The van der Waals surface area contributed by atoms with Crippen LogP contribution in [0.4, 0.5) is 0 Å². The van der Waals surface area contributed by atoms with Gasteiger partial charge in [-0.2, -0.15) is 0 Å². The number of ether oxygens (including phenoxy) is 2. The highest BCUT2D eigenvalue weighted by Crippen LogP contribution is 2.43. The van der Waals surface area contributed by atoms with Gasteiger partial charge in [-0.3, -0.25) is 18.6 Å². The number of unbranched alkanes of at least 4 members (excludes halogenated alkanes) is 8. The Labute approximate surface area is 302 Å². The summed E-state index contributed by atoms with van der Waals surface area (Å²) in [5, 5.41) is 9.74. The van der Waals surface area contributed by atoms with E-state index in [4.69, 9.17) is 24.3 Å². The molecule has 0 spiro atoms. The van der Waals surface area contributed by atoms with Crippen LogP contribution in [0.5, 0.6) is 0 Å². The first kappa shape index (κ1) is 47.4. The predicted molar refractivity (Wildman–Crippen MR) is 202 cm³/mol. The molecule has 11 heteroatoms. The molecule has 0 bridgehead atoms. The van der Waals surface area contributed by atoms with Gasteiger partial charge in [0, 0.05) is 19.4 Å². The summed E-state index contributed by atoms with van der Waals surface area (Å²) in [6.07, 6.45) is 37.1. The van der Waals surface area contributed by atoms with Crippen LogP contribution in [-0.4, -0.2) is 60.5 Å². The maximum absolute atomic E-state index is 12.5. The fourth-order valence-electron chi connectivity index (χ4n) is 4.37. The lowest BCUT2D eigenvalue weighted by molar-refractivity contribution is -0.161. The fourth-order valence-corrected chi connectivity index (χ4v) is 5.14. The van der Waals surface area contributed by atoms with Gasteiger partial charge in [0.05, 0.1) is 19.3 Å². The van der Waals surface area contributed by atoms with Gasteiger partial charge in [0.2, 0.25) is 0 Å². The summed E-state index contributed by atoms with van der Waals surface area (Å²) < 4.78 is 32.5. The van der Waals surface area contributed by atoms with Crippen molar-refractivity contribution in [1.29, 1.82) is 0 Å². The van der Waals surface area contributed by atoms with E-state index in [1.165, 1.54) is 12.8 Å². The highest BCUT2D eigenvalue weighted by Gasteiger charge is 2.25. The number of aliphatic hydroxyl groups excluding tert-OH is 1. The normalized spacial score (nSPS) is 14.9. The number of hydrogen-bond donors (Lipinski definition) is 3. The minimum Gasteiger partial charge on any atom is -0.462 e. The first-order chi connectivity index (χ1) is 24.2. The second-order valence-corrected chi connectivity index (χ2v) is 13.4. The number of hydrogen-bond acceptors (Lipinski definition) is 9.